The fourth-order valence-corrected chi connectivity index (χ4v) is 6.24. The maximum Gasteiger partial charge on any atom is 0.217 e. The highest BCUT2D eigenvalue weighted by atomic mass is 16.7. The molecule has 0 bridgehead atoms. The molecular weight excluding hydrogens is 700 g/mol. The first-order valence-electron chi connectivity index (χ1n) is 16.1. The van der Waals surface area contributed by atoms with E-state index in [1.807, 2.05) is 0 Å². The van der Waals surface area contributed by atoms with E-state index in [9.17, 15) is 70.9 Å². The number of hydrogen-bond donors (Lipinski definition) is 14. The Balaban J connectivity index is 1.54. The van der Waals surface area contributed by atoms with Gasteiger partial charge in [0, 0.05) is 13.8 Å². The Bertz CT molecular complexity index is 1140. The minimum Gasteiger partial charge on any atom is -0.394 e. The Morgan fingerprint density at radius 1 is 0.510 bits per heavy atom. The monoisotopic (exact) mass is 748 g/mol. The molecular formula is C28H48N2O21. The van der Waals surface area contributed by atoms with Gasteiger partial charge in [0.15, 0.2) is 25.2 Å². The van der Waals surface area contributed by atoms with E-state index in [2.05, 4.69) is 10.6 Å². The molecule has 23 nitrogen and oxygen atoms in total. The van der Waals surface area contributed by atoms with E-state index >= 15 is 0 Å². The fourth-order valence-electron chi connectivity index (χ4n) is 6.24. The van der Waals surface area contributed by atoms with Gasteiger partial charge in [-0.2, -0.15) is 0 Å². The molecule has 0 spiro atoms. The average Bonchev–Trinajstić information content (AvgIpc) is 3.08. The van der Waals surface area contributed by atoms with Crippen molar-refractivity contribution in [2.45, 2.75) is 137 Å². The molecule has 0 aromatic carbocycles. The fraction of sp³-hybridized carbons (Fsp3) is 0.929. The lowest BCUT2D eigenvalue weighted by atomic mass is 9.94. The van der Waals surface area contributed by atoms with Gasteiger partial charge in [-0.15, -0.1) is 0 Å². The molecule has 4 heterocycles. The number of rotatable bonds is 12. The van der Waals surface area contributed by atoms with Crippen LogP contribution in [0.15, 0.2) is 0 Å². The van der Waals surface area contributed by atoms with Crippen LogP contribution in [-0.4, -0.2) is 222 Å². The number of carbonyl (C=O) groups excluding carboxylic acids is 2. The molecule has 296 valence electrons. The largest absolute Gasteiger partial charge is 0.394 e. The molecule has 20 atom stereocenters. The third-order valence-electron chi connectivity index (χ3n) is 8.99. The summed E-state index contributed by atoms with van der Waals surface area (Å²) in [6.07, 6.45) is -31.4. The third-order valence-corrected chi connectivity index (χ3v) is 8.99. The first-order chi connectivity index (χ1) is 24.0. The van der Waals surface area contributed by atoms with Gasteiger partial charge in [-0.3, -0.25) is 9.59 Å². The summed E-state index contributed by atoms with van der Waals surface area (Å²) in [7, 11) is 0. The third kappa shape index (κ3) is 9.29. The summed E-state index contributed by atoms with van der Waals surface area (Å²) < 4.78 is 38.8. The average molecular weight is 749 g/mol. The lowest BCUT2D eigenvalue weighted by Crippen LogP contribution is -2.69. The van der Waals surface area contributed by atoms with E-state index in [1.165, 1.54) is 0 Å². The Labute approximate surface area is 289 Å². The maximum atomic E-state index is 12.1. The lowest BCUT2D eigenvalue weighted by Gasteiger charge is -2.48. The quantitative estimate of drug-likeness (QED) is 0.0881. The molecule has 14 N–H and O–H groups in total. The van der Waals surface area contributed by atoms with Gasteiger partial charge in [-0.05, 0) is 0 Å². The standard InChI is InChI=1S/C28H48N2O21/c1-7(34)29-13-19(40)15(36)9(3-31)47-26(13)45-6-12-18(39)23(14(25(44)46-12)30-8(2)35)50-28-22(43)24(17(38)11(5-33)49-28)51-27-21(42)20(41)16(37)10(4-32)48-27/h9-28,31-33,36-44H,3-6H2,1-2H3,(H,29,34)(H,30,35)/t9-,10-,11-,12-,13-,14-,15-,16+,17+,18+,19-,20+,21-,22-,23-,24+,25?,26-,27+,28+/m1/s1. The molecule has 4 aliphatic rings. The molecule has 0 saturated carbocycles. The zero-order valence-corrected chi connectivity index (χ0v) is 27.4. The number of amides is 2. The van der Waals surface area contributed by atoms with Crippen molar-refractivity contribution < 1.29 is 104 Å². The summed E-state index contributed by atoms with van der Waals surface area (Å²) in [5.74, 6) is -1.37. The van der Waals surface area contributed by atoms with Gasteiger partial charge < -0.3 is 105 Å². The molecule has 0 aromatic heterocycles. The highest BCUT2D eigenvalue weighted by Crippen LogP contribution is 2.33. The van der Waals surface area contributed by atoms with Crippen LogP contribution in [0, 0.1) is 0 Å². The summed E-state index contributed by atoms with van der Waals surface area (Å²) >= 11 is 0. The van der Waals surface area contributed by atoms with Crippen molar-refractivity contribution in [2.24, 2.45) is 0 Å². The van der Waals surface area contributed by atoms with Crippen LogP contribution in [0.5, 0.6) is 0 Å². The summed E-state index contributed by atoms with van der Waals surface area (Å²) in [4.78, 5) is 23.8. The van der Waals surface area contributed by atoms with Crippen molar-refractivity contribution in [1.82, 2.24) is 10.6 Å². The van der Waals surface area contributed by atoms with Crippen molar-refractivity contribution >= 4 is 11.8 Å². The van der Waals surface area contributed by atoms with Gasteiger partial charge in [0.2, 0.25) is 11.8 Å². The van der Waals surface area contributed by atoms with E-state index in [0.717, 1.165) is 13.8 Å². The number of carbonyl (C=O) groups is 2. The van der Waals surface area contributed by atoms with E-state index in [4.69, 9.17) is 33.2 Å². The number of ether oxygens (including phenoxy) is 7. The van der Waals surface area contributed by atoms with Gasteiger partial charge in [-0.25, -0.2) is 0 Å². The Hall–Kier alpha value is -1.82. The van der Waals surface area contributed by atoms with E-state index < -0.39 is 161 Å². The second-order valence-electron chi connectivity index (χ2n) is 12.7. The van der Waals surface area contributed by atoms with E-state index in [0.29, 0.717) is 0 Å². The zero-order chi connectivity index (χ0) is 37.9. The summed E-state index contributed by atoms with van der Waals surface area (Å²) in [5.41, 5.74) is 0. The molecule has 23 heteroatoms. The van der Waals surface area contributed by atoms with Gasteiger partial charge in [0.1, 0.15) is 97.5 Å². The van der Waals surface area contributed by atoms with Crippen molar-refractivity contribution in [3.8, 4) is 0 Å². The second kappa shape index (κ2) is 18.0. The van der Waals surface area contributed by atoms with Crippen LogP contribution in [0.1, 0.15) is 13.8 Å². The van der Waals surface area contributed by atoms with Crippen LogP contribution in [0.4, 0.5) is 0 Å². The van der Waals surface area contributed by atoms with Crippen molar-refractivity contribution in [2.75, 3.05) is 26.4 Å². The first-order valence-corrected chi connectivity index (χ1v) is 16.1. The molecule has 51 heavy (non-hydrogen) atoms. The molecule has 4 rings (SSSR count). The van der Waals surface area contributed by atoms with E-state index in [1.54, 1.807) is 0 Å². The van der Waals surface area contributed by atoms with Crippen molar-refractivity contribution in [1.29, 1.82) is 0 Å². The predicted molar refractivity (Wildman–Crippen MR) is 157 cm³/mol. The normalized spacial score (nSPS) is 47.8. The van der Waals surface area contributed by atoms with Crippen LogP contribution in [0.25, 0.3) is 0 Å². The van der Waals surface area contributed by atoms with Crippen LogP contribution in [0.2, 0.25) is 0 Å². The van der Waals surface area contributed by atoms with Gasteiger partial charge >= 0.3 is 0 Å². The molecule has 0 radical (unpaired) electrons. The number of hydrogen-bond acceptors (Lipinski definition) is 21. The number of nitrogens with one attached hydrogen (secondary N) is 2. The summed E-state index contributed by atoms with van der Waals surface area (Å²) in [6, 6.07) is -2.94. The molecule has 4 aliphatic heterocycles. The first kappa shape index (κ1) is 41.9. The molecule has 2 amide bonds. The Morgan fingerprint density at radius 3 is 1.51 bits per heavy atom. The molecule has 0 aliphatic carbocycles. The van der Waals surface area contributed by atoms with Gasteiger partial charge in [0.25, 0.3) is 0 Å². The van der Waals surface area contributed by atoms with Gasteiger partial charge in [-0.1, -0.05) is 0 Å². The van der Waals surface area contributed by atoms with Crippen molar-refractivity contribution in [3.63, 3.8) is 0 Å². The zero-order valence-electron chi connectivity index (χ0n) is 27.4. The number of aliphatic hydroxyl groups is 12. The highest BCUT2D eigenvalue weighted by molar-refractivity contribution is 5.73. The molecule has 4 saturated heterocycles. The molecule has 4 fully saturated rings. The molecule has 0 aromatic rings. The van der Waals surface area contributed by atoms with Gasteiger partial charge in [0.05, 0.1) is 26.4 Å². The second-order valence-corrected chi connectivity index (χ2v) is 12.7. The predicted octanol–water partition coefficient (Wildman–Crippen LogP) is -9.46. The minimum atomic E-state index is -2.05. The van der Waals surface area contributed by atoms with Crippen LogP contribution < -0.4 is 10.6 Å². The lowest BCUT2D eigenvalue weighted by molar-refractivity contribution is -0.374. The maximum absolute atomic E-state index is 12.1. The Kier molecular flexibility index (Phi) is 14.8. The van der Waals surface area contributed by atoms with Crippen molar-refractivity contribution in [3.05, 3.63) is 0 Å². The van der Waals surface area contributed by atoms with E-state index in [-0.39, 0.29) is 0 Å². The number of aliphatic hydroxyl groups excluding tert-OH is 12. The summed E-state index contributed by atoms with van der Waals surface area (Å²) in [5, 5.41) is 130. The topological polar surface area (TPSA) is 366 Å². The summed E-state index contributed by atoms with van der Waals surface area (Å²) in [6.45, 7) is -0.973. The minimum absolute atomic E-state index is 0.645. The smallest absolute Gasteiger partial charge is 0.217 e. The van der Waals surface area contributed by atoms with Crippen LogP contribution >= 0.6 is 0 Å². The van der Waals surface area contributed by atoms with Crippen LogP contribution in [0.3, 0.4) is 0 Å². The Morgan fingerprint density at radius 2 is 0.961 bits per heavy atom. The molecule has 1 unspecified atom stereocenters. The van der Waals surface area contributed by atoms with Crippen LogP contribution in [-0.2, 0) is 42.7 Å². The SMILES string of the molecule is CC(=O)N[C@H]1[C@H](OC[C@H]2OC(O)[C@H](NC(C)=O)[C@@H](O[C@@H]3O[C@H](CO)[C@H](O)[C@H](O[C@@H]4O[C@H](CO)[C@H](O)[C@H](O)[C@H]4O)[C@H]3O)[C@H]2O)O[C@H](CO)[C@@H](O)[C@@H]1O. The highest BCUT2D eigenvalue weighted by Gasteiger charge is 2.54.